The number of nitrogens with zero attached hydrogens (tertiary/aromatic N) is 3. The van der Waals surface area contributed by atoms with E-state index in [1.165, 1.54) is 4.90 Å². The number of methoxy groups -OCH3 is 2. The molecule has 3 aromatic rings. The molecule has 10 nitrogen and oxygen atoms in total. The minimum atomic E-state index is -1.19. The lowest BCUT2D eigenvalue weighted by molar-refractivity contribution is -0.0811. The molecule has 3 aromatic carbocycles. The maximum Gasteiger partial charge on any atom is 0.337 e. The van der Waals surface area contributed by atoms with Gasteiger partial charge in [-0.1, -0.05) is 41.4 Å². The topological polar surface area (TPSA) is 101 Å². The molecule has 7 rings (SSSR count). The fourth-order valence-electron chi connectivity index (χ4n) is 7.27. The van der Waals surface area contributed by atoms with Crippen molar-refractivity contribution in [3.05, 3.63) is 75.0 Å². The molecule has 47 heavy (non-hydrogen) atoms. The van der Waals surface area contributed by atoms with Crippen LogP contribution in [0.25, 0.3) is 11.1 Å². The van der Waals surface area contributed by atoms with Gasteiger partial charge < -0.3 is 38.8 Å². The van der Waals surface area contributed by atoms with Gasteiger partial charge in [-0.3, -0.25) is 4.79 Å². The van der Waals surface area contributed by atoms with Gasteiger partial charge in [0.2, 0.25) is 0 Å². The fraction of sp³-hybridized carbons (Fsp3) is 0.412. The van der Waals surface area contributed by atoms with Crippen molar-refractivity contribution in [1.29, 1.82) is 0 Å². The highest BCUT2D eigenvalue weighted by atomic mass is 35.5. The van der Waals surface area contributed by atoms with E-state index in [0.29, 0.717) is 55.5 Å². The highest BCUT2D eigenvalue weighted by molar-refractivity contribution is 6.40. The van der Waals surface area contributed by atoms with Crippen molar-refractivity contribution in [3.63, 3.8) is 0 Å². The van der Waals surface area contributed by atoms with Crippen molar-refractivity contribution < 1.29 is 38.0 Å². The number of carbonyl (C=O) groups is 2. The van der Waals surface area contributed by atoms with Gasteiger partial charge in [-0.25, -0.2) is 9.18 Å². The molecule has 1 amide bonds. The zero-order valence-electron chi connectivity index (χ0n) is 25.9. The normalized spacial score (nSPS) is 21.3. The highest BCUT2D eigenvalue weighted by Gasteiger charge is 2.44. The van der Waals surface area contributed by atoms with E-state index in [1.54, 1.807) is 44.6 Å². The second-order valence-corrected chi connectivity index (χ2v) is 13.3. The van der Waals surface area contributed by atoms with Crippen molar-refractivity contribution in [2.24, 2.45) is 0 Å². The Labute approximate surface area is 281 Å². The van der Waals surface area contributed by atoms with E-state index < -0.39 is 23.3 Å². The molecule has 2 unspecified atom stereocenters. The van der Waals surface area contributed by atoms with E-state index in [-0.39, 0.29) is 52.1 Å². The zero-order valence-corrected chi connectivity index (χ0v) is 27.4. The summed E-state index contributed by atoms with van der Waals surface area (Å²) in [5.41, 5.74) is 2.26. The Bertz CT molecular complexity index is 1710. The average Bonchev–Trinajstić information content (AvgIpc) is 3.28. The van der Waals surface area contributed by atoms with Gasteiger partial charge in [-0.2, -0.15) is 0 Å². The minimum Gasteiger partial charge on any atom is -0.478 e. The maximum absolute atomic E-state index is 15.7. The molecule has 2 bridgehead atoms. The molecule has 4 heterocycles. The summed E-state index contributed by atoms with van der Waals surface area (Å²) in [4.78, 5) is 31.6. The molecule has 0 spiro atoms. The summed E-state index contributed by atoms with van der Waals surface area (Å²) in [7, 11) is 3.28. The highest BCUT2D eigenvalue weighted by Crippen LogP contribution is 2.44. The van der Waals surface area contributed by atoms with Crippen LogP contribution in [0.3, 0.4) is 0 Å². The van der Waals surface area contributed by atoms with E-state index in [1.807, 2.05) is 11.0 Å². The predicted octanol–water partition coefficient (Wildman–Crippen LogP) is 5.71. The Balaban J connectivity index is 1.15. The Morgan fingerprint density at radius 3 is 2.38 bits per heavy atom. The SMILES string of the molecule is COCC1(OC)CN(c2cc(Cl)c(C(=O)N3COc4c(cccc4-c4cc(N5C6CCC5COC6)c(C(=O)O)cc4F)C3)c(Cl)c2)C1. The van der Waals surface area contributed by atoms with E-state index in [0.717, 1.165) is 24.6 Å². The van der Waals surface area contributed by atoms with Crippen molar-refractivity contribution in [1.82, 2.24) is 4.90 Å². The lowest BCUT2D eigenvalue weighted by atomic mass is 9.93. The van der Waals surface area contributed by atoms with Gasteiger partial charge in [0.25, 0.3) is 5.91 Å². The Morgan fingerprint density at radius 1 is 1.04 bits per heavy atom. The first-order valence-corrected chi connectivity index (χ1v) is 16.1. The first-order chi connectivity index (χ1) is 22.6. The first kappa shape index (κ1) is 32.0. The average molecular weight is 687 g/mol. The fourth-order valence-corrected chi connectivity index (χ4v) is 7.91. The molecular weight excluding hydrogens is 652 g/mol. The maximum atomic E-state index is 15.7. The number of anilines is 2. The molecule has 2 atom stereocenters. The molecule has 0 saturated carbocycles. The Kier molecular flexibility index (Phi) is 8.46. The number of fused-ring (bicyclic) bond motifs is 3. The van der Waals surface area contributed by atoms with Crippen LogP contribution in [0.1, 0.15) is 39.1 Å². The van der Waals surface area contributed by atoms with Crippen molar-refractivity contribution in [3.8, 4) is 16.9 Å². The summed E-state index contributed by atoms with van der Waals surface area (Å²) in [6.45, 7) is 2.67. The number of aromatic carboxylic acids is 1. The van der Waals surface area contributed by atoms with Crippen LogP contribution >= 0.6 is 23.2 Å². The number of morpholine rings is 1. The van der Waals surface area contributed by atoms with Crippen LogP contribution < -0.4 is 14.5 Å². The molecule has 3 saturated heterocycles. The van der Waals surface area contributed by atoms with Gasteiger partial charge >= 0.3 is 5.97 Å². The molecule has 3 fully saturated rings. The summed E-state index contributed by atoms with van der Waals surface area (Å²) >= 11 is 13.3. The summed E-state index contributed by atoms with van der Waals surface area (Å²) in [5, 5.41) is 10.4. The third-order valence-corrected chi connectivity index (χ3v) is 10.2. The third-order valence-electron chi connectivity index (χ3n) is 9.64. The number of rotatable bonds is 8. The number of amides is 1. The number of carboxylic acid groups (broad SMARTS) is 1. The lowest BCUT2D eigenvalue weighted by Crippen LogP contribution is -2.65. The van der Waals surface area contributed by atoms with E-state index >= 15 is 4.39 Å². The molecule has 0 aliphatic carbocycles. The van der Waals surface area contributed by atoms with Crippen LogP contribution in [-0.2, 0) is 20.8 Å². The minimum absolute atomic E-state index is 0.0267. The van der Waals surface area contributed by atoms with Crippen molar-refractivity contribution in [2.75, 3.05) is 63.7 Å². The van der Waals surface area contributed by atoms with Crippen LogP contribution in [0.15, 0.2) is 42.5 Å². The number of carbonyl (C=O) groups excluding carboxylic acids is 1. The number of hydrogen-bond donors (Lipinski definition) is 1. The van der Waals surface area contributed by atoms with Crippen molar-refractivity contribution in [2.45, 2.75) is 37.1 Å². The van der Waals surface area contributed by atoms with E-state index in [2.05, 4.69) is 4.90 Å². The van der Waals surface area contributed by atoms with Crippen LogP contribution in [0.2, 0.25) is 10.0 Å². The molecule has 4 aliphatic heterocycles. The van der Waals surface area contributed by atoms with Gasteiger partial charge in [0, 0.05) is 36.6 Å². The number of para-hydroxylation sites is 1. The summed E-state index contributed by atoms with van der Waals surface area (Å²) in [5.74, 6) is -1.84. The second kappa shape index (κ2) is 12.4. The van der Waals surface area contributed by atoms with Gasteiger partial charge in [-0.05, 0) is 37.1 Å². The number of carboxylic acids is 1. The number of benzene rings is 3. The standard InChI is InChI=1S/C34H34Cl2FN3O7/c1-44-17-34(45-2)15-39(16-34)22-8-26(35)30(27(36)9-22)32(41)38-12-19-4-3-5-23(31(19)47-18-38)24-11-29(25(33(42)43)10-28(24)37)40-20-6-7-21(40)14-46-13-20/h3-5,8-11,20-21H,6-7,12-18H2,1-2H3,(H,42,43). The molecule has 0 radical (unpaired) electrons. The van der Waals surface area contributed by atoms with Crippen LogP contribution in [-0.4, -0.2) is 93.4 Å². The molecule has 13 heteroatoms. The number of ether oxygens (including phenoxy) is 4. The molecule has 1 N–H and O–H groups in total. The second-order valence-electron chi connectivity index (χ2n) is 12.5. The number of halogens is 3. The van der Waals surface area contributed by atoms with E-state index in [9.17, 15) is 14.7 Å². The molecular formula is C34H34Cl2FN3O7. The quantitative estimate of drug-likeness (QED) is 0.320. The smallest absolute Gasteiger partial charge is 0.337 e. The summed E-state index contributed by atoms with van der Waals surface area (Å²) < 4.78 is 38.5. The Morgan fingerprint density at radius 2 is 1.74 bits per heavy atom. The van der Waals surface area contributed by atoms with E-state index in [4.69, 9.17) is 42.1 Å². The Hall–Kier alpha value is -3.61. The van der Waals surface area contributed by atoms with Crippen molar-refractivity contribution >= 4 is 46.5 Å². The lowest BCUT2D eigenvalue weighted by Gasteiger charge is -2.50. The van der Waals surface area contributed by atoms with Gasteiger partial charge in [0.05, 0.1) is 78.4 Å². The predicted molar refractivity (Wildman–Crippen MR) is 175 cm³/mol. The van der Waals surface area contributed by atoms with Gasteiger partial charge in [-0.15, -0.1) is 0 Å². The van der Waals surface area contributed by atoms with Gasteiger partial charge in [0.1, 0.15) is 17.2 Å². The molecule has 4 aliphatic rings. The van der Waals surface area contributed by atoms with Gasteiger partial charge in [0.15, 0.2) is 6.73 Å². The monoisotopic (exact) mass is 685 g/mol. The summed E-state index contributed by atoms with van der Waals surface area (Å²) in [6.07, 6.45) is 1.75. The van der Waals surface area contributed by atoms with Crippen LogP contribution in [0, 0.1) is 5.82 Å². The number of hydrogen-bond acceptors (Lipinski definition) is 8. The summed E-state index contributed by atoms with van der Waals surface area (Å²) in [6, 6.07) is 11.5. The third kappa shape index (κ3) is 5.57. The van der Waals surface area contributed by atoms with Crippen LogP contribution in [0.4, 0.5) is 15.8 Å². The largest absolute Gasteiger partial charge is 0.478 e. The zero-order chi connectivity index (χ0) is 33.0. The molecule has 248 valence electrons. The molecule has 0 aromatic heterocycles. The first-order valence-electron chi connectivity index (χ1n) is 15.4. The van der Waals surface area contributed by atoms with Crippen LogP contribution in [0.5, 0.6) is 5.75 Å².